The Morgan fingerprint density at radius 1 is 0.786 bits per heavy atom. The molecule has 0 aromatic heterocycles. The van der Waals surface area contributed by atoms with Gasteiger partial charge in [-0.05, 0) is 55.7 Å². The van der Waals surface area contributed by atoms with Gasteiger partial charge in [0, 0.05) is 50.5 Å². The van der Waals surface area contributed by atoms with Crippen molar-refractivity contribution in [2.24, 2.45) is 0 Å². The van der Waals surface area contributed by atoms with Gasteiger partial charge in [0.1, 0.15) is 5.75 Å². The van der Waals surface area contributed by atoms with E-state index in [0.29, 0.717) is 0 Å². The van der Waals surface area contributed by atoms with Crippen molar-refractivity contribution < 1.29 is 9.53 Å². The minimum Gasteiger partial charge on any atom is -0.495 e. The van der Waals surface area contributed by atoms with Gasteiger partial charge in [-0.15, -0.1) is 0 Å². The molecule has 28 heavy (non-hydrogen) atoms. The van der Waals surface area contributed by atoms with Crippen molar-refractivity contribution in [2.75, 3.05) is 56.2 Å². The lowest BCUT2D eigenvalue weighted by Gasteiger charge is -2.36. The summed E-state index contributed by atoms with van der Waals surface area (Å²) in [6.07, 6.45) is 3.85. The van der Waals surface area contributed by atoms with Crippen molar-refractivity contribution >= 4 is 17.3 Å². The molecule has 1 amide bonds. The molecular formula is C23H29N3O2. The van der Waals surface area contributed by atoms with Crippen molar-refractivity contribution in [3.05, 3.63) is 54.1 Å². The predicted molar refractivity (Wildman–Crippen MR) is 114 cm³/mol. The van der Waals surface area contributed by atoms with Crippen molar-refractivity contribution in [1.29, 1.82) is 0 Å². The van der Waals surface area contributed by atoms with Crippen molar-refractivity contribution in [2.45, 2.75) is 19.3 Å². The molecule has 0 N–H and O–H groups in total. The van der Waals surface area contributed by atoms with Gasteiger partial charge >= 0.3 is 0 Å². The number of anilines is 2. The number of amides is 1. The number of hydrogen-bond donors (Lipinski definition) is 0. The van der Waals surface area contributed by atoms with E-state index in [0.717, 1.165) is 56.3 Å². The lowest BCUT2D eigenvalue weighted by atomic mass is 10.1. The summed E-state index contributed by atoms with van der Waals surface area (Å²) in [5, 5.41) is 0. The monoisotopic (exact) mass is 379 g/mol. The molecule has 2 aliphatic rings. The number of carbonyl (C=O) groups excluding carboxylic acids is 1. The molecule has 4 rings (SSSR count). The predicted octanol–water partition coefficient (Wildman–Crippen LogP) is 3.65. The van der Waals surface area contributed by atoms with Gasteiger partial charge < -0.3 is 19.4 Å². The Balaban J connectivity index is 1.37. The summed E-state index contributed by atoms with van der Waals surface area (Å²) < 4.78 is 5.48. The van der Waals surface area contributed by atoms with Crippen LogP contribution in [0.4, 0.5) is 11.4 Å². The molecule has 0 bridgehead atoms. The first-order valence-corrected chi connectivity index (χ1v) is 10.3. The molecule has 2 aromatic rings. The maximum Gasteiger partial charge on any atom is 0.253 e. The van der Waals surface area contributed by atoms with E-state index in [1.54, 1.807) is 7.11 Å². The minimum atomic E-state index is 0.130. The van der Waals surface area contributed by atoms with E-state index in [1.807, 2.05) is 35.2 Å². The van der Waals surface area contributed by atoms with Crippen molar-refractivity contribution in [3.63, 3.8) is 0 Å². The van der Waals surface area contributed by atoms with Gasteiger partial charge in [-0.1, -0.05) is 12.1 Å². The highest BCUT2D eigenvalue weighted by atomic mass is 16.5. The Labute approximate surface area is 167 Å². The molecule has 0 unspecified atom stereocenters. The molecule has 0 radical (unpaired) electrons. The fourth-order valence-electron chi connectivity index (χ4n) is 4.19. The van der Waals surface area contributed by atoms with Crippen LogP contribution in [0.2, 0.25) is 0 Å². The van der Waals surface area contributed by atoms with E-state index in [1.165, 1.54) is 24.9 Å². The van der Waals surface area contributed by atoms with E-state index < -0.39 is 0 Å². The Morgan fingerprint density at radius 2 is 1.46 bits per heavy atom. The topological polar surface area (TPSA) is 36.0 Å². The van der Waals surface area contributed by atoms with E-state index >= 15 is 0 Å². The Morgan fingerprint density at radius 3 is 2.14 bits per heavy atom. The minimum absolute atomic E-state index is 0.130. The molecular weight excluding hydrogens is 350 g/mol. The summed E-state index contributed by atoms with van der Waals surface area (Å²) in [6, 6.07) is 16.2. The Kier molecular flexibility index (Phi) is 5.70. The van der Waals surface area contributed by atoms with Gasteiger partial charge in [0.05, 0.1) is 12.8 Å². The van der Waals surface area contributed by atoms with Crippen LogP contribution in [-0.4, -0.2) is 57.2 Å². The molecule has 0 aliphatic carbocycles. The summed E-state index contributed by atoms with van der Waals surface area (Å²) in [5.74, 6) is 1.01. The van der Waals surface area contributed by atoms with E-state index in [2.05, 4.69) is 28.0 Å². The molecule has 2 saturated heterocycles. The highest BCUT2D eigenvalue weighted by molar-refractivity contribution is 5.94. The standard InChI is InChI=1S/C23H29N3O2/c1-28-22-8-4-3-7-21(22)25-15-17-26(18-16-25)23(27)19-9-11-20(12-10-19)24-13-5-2-6-14-24/h3-4,7-12H,2,5-6,13-18H2,1H3. The maximum atomic E-state index is 12.9. The first-order chi connectivity index (χ1) is 13.8. The highest BCUT2D eigenvalue weighted by Crippen LogP contribution is 2.28. The molecule has 148 valence electrons. The molecule has 0 saturated carbocycles. The number of piperidine rings is 1. The quantitative estimate of drug-likeness (QED) is 0.812. The number of hydrogen-bond acceptors (Lipinski definition) is 4. The van der Waals surface area contributed by atoms with Crippen molar-refractivity contribution in [3.8, 4) is 5.75 Å². The molecule has 2 aromatic carbocycles. The van der Waals surface area contributed by atoms with Crippen LogP contribution in [0.25, 0.3) is 0 Å². The van der Waals surface area contributed by atoms with Crippen LogP contribution in [0.1, 0.15) is 29.6 Å². The third-order valence-corrected chi connectivity index (χ3v) is 5.83. The molecule has 2 fully saturated rings. The molecule has 0 atom stereocenters. The van der Waals surface area contributed by atoms with Gasteiger partial charge in [-0.2, -0.15) is 0 Å². The highest BCUT2D eigenvalue weighted by Gasteiger charge is 2.24. The summed E-state index contributed by atoms with van der Waals surface area (Å²) in [7, 11) is 1.70. The van der Waals surface area contributed by atoms with Gasteiger partial charge in [0.2, 0.25) is 0 Å². The summed E-state index contributed by atoms with van der Waals surface area (Å²) in [5.41, 5.74) is 3.12. The van der Waals surface area contributed by atoms with E-state index in [9.17, 15) is 4.79 Å². The average Bonchev–Trinajstić information content (AvgIpc) is 2.79. The fraction of sp³-hybridized carbons (Fsp3) is 0.435. The second-order valence-electron chi connectivity index (χ2n) is 7.55. The zero-order valence-electron chi connectivity index (χ0n) is 16.6. The smallest absolute Gasteiger partial charge is 0.253 e. The fourth-order valence-corrected chi connectivity index (χ4v) is 4.19. The molecule has 2 heterocycles. The number of benzene rings is 2. The lowest BCUT2D eigenvalue weighted by Crippen LogP contribution is -2.48. The van der Waals surface area contributed by atoms with Crippen LogP contribution in [0.15, 0.2) is 48.5 Å². The zero-order chi connectivity index (χ0) is 19.3. The van der Waals surface area contributed by atoms with E-state index in [4.69, 9.17) is 4.74 Å². The van der Waals surface area contributed by atoms with Crippen LogP contribution in [0.3, 0.4) is 0 Å². The molecule has 2 aliphatic heterocycles. The first kappa shape index (κ1) is 18.7. The van der Waals surface area contributed by atoms with Gasteiger partial charge in [0.15, 0.2) is 0 Å². The van der Waals surface area contributed by atoms with Crippen LogP contribution in [0.5, 0.6) is 5.75 Å². The second kappa shape index (κ2) is 8.55. The zero-order valence-corrected chi connectivity index (χ0v) is 16.6. The Hall–Kier alpha value is -2.69. The number of rotatable bonds is 4. The van der Waals surface area contributed by atoms with Crippen LogP contribution >= 0.6 is 0 Å². The normalized spacial score (nSPS) is 17.5. The van der Waals surface area contributed by atoms with Crippen LogP contribution < -0.4 is 14.5 Å². The number of methoxy groups -OCH3 is 1. The van der Waals surface area contributed by atoms with Gasteiger partial charge in [-0.25, -0.2) is 0 Å². The number of carbonyl (C=O) groups is 1. The number of piperazine rings is 1. The summed E-state index contributed by atoms with van der Waals surface area (Å²) in [4.78, 5) is 19.6. The maximum absolute atomic E-state index is 12.9. The third-order valence-electron chi connectivity index (χ3n) is 5.83. The van der Waals surface area contributed by atoms with Gasteiger partial charge in [0.25, 0.3) is 5.91 Å². The first-order valence-electron chi connectivity index (χ1n) is 10.3. The van der Waals surface area contributed by atoms with Crippen LogP contribution in [0, 0.1) is 0 Å². The lowest BCUT2D eigenvalue weighted by molar-refractivity contribution is 0.0746. The molecule has 5 nitrogen and oxygen atoms in total. The summed E-state index contributed by atoms with van der Waals surface area (Å²) >= 11 is 0. The number of nitrogens with zero attached hydrogens (tertiary/aromatic N) is 3. The largest absolute Gasteiger partial charge is 0.495 e. The SMILES string of the molecule is COc1ccccc1N1CCN(C(=O)c2ccc(N3CCCCC3)cc2)CC1. The number of para-hydroxylation sites is 2. The van der Waals surface area contributed by atoms with Crippen molar-refractivity contribution in [1.82, 2.24) is 4.90 Å². The van der Waals surface area contributed by atoms with E-state index in [-0.39, 0.29) is 5.91 Å². The number of ether oxygens (including phenoxy) is 1. The van der Waals surface area contributed by atoms with Crippen LogP contribution in [-0.2, 0) is 0 Å². The van der Waals surface area contributed by atoms with Gasteiger partial charge in [-0.3, -0.25) is 4.79 Å². The summed E-state index contributed by atoms with van der Waals surface area (Å²) in [6.45, 7) is 5.34. The average molecular weight is 380 g/mol. The third kappa shape index (κ3) is 3.93. The Bertz CT molecular complexity index is 792. The molecule has 0 spiro atoms. The second-order valence-corrected chi connectivity index (χ2v) is 7.55. The molecule has 5 heteroatoms.